The van der Waals surface area contributed by atoms with Crippen molar-refractivity contribution < 1.29 is 18.5 Å². The molecule has 4 rings (SSSR count). The van der Waals surface area contributed by atoms with Crippen LogP contribution < -0.4 is 5.32 Å². The molecule has 0 bridgehead atoms. The van der Waals surface area contributed by atoms with Crippen molar-refractivity contribution in [3.63, 3.8) is 0 Å². The van der Waals surface area contributed by atoms with E-state index >= 15 is 0 Å². The lowest BCUT2D eigenvalue weighted by atomic mass is 10.2. The van der Waals surface area contributed by atoms with Crippen LogP contribution in [0.1, 0.15) is 18.7 Å². The average molecular weight is 472 g/mol. The Morgan fingerprint density at radius 1 is 1.06 bits per heavy atom. The molecule has 0 radical (unpaired) electrons. The summed E-state index contributed by atoms with van der Waals surface area (Å²) in [7, 11) is 0. The van der Waals surface area contributed by atoms with Crippen LogP contribution in [-0.4, -0.2) is 58.1 Å². The number of hydrogen-bond donors (Lipinski definition) is 1. The molecule has 33 heavy (non-hydrogen) atoms. The number of halogens is 2. The van der Waals surface area contributed by atoms with Crippen molar-refractivity contribution in [1.29, 1.82) is 0 Å². The van der Waals surface area contributed by atoms with E-state index in [1.807, 2.05) is 0 Å². The summed E-state index contributed by atoms with van der Waals surface area (Å²) in [6.07, 6.45) is 1.21. The van der Waals surface area contributed by atoms with Crippen LogP contribution in [0.2, 0.25) is 5.02 Å². The average Bonchev–Trinajstić information content (AvgIpc) is 3.13. The Kier molecular flexibility index (Phi) is 7.19. The third kappa shape index (κ3) is 6.07. The molecule has 172 valence electrons. The van der Waals surface area contributed by atoms with Crippen LogP contribution in [-0.2, 0) is 11.2 Å². The Morgan fingerprint density at radius 3 is 2.61 bits per heavy atom. The molecule has 3 amide bonds. The maximum absolute atomic E-state index is 13.1. The summed E-state index contributed by atoms with van der Waals surface area (Å²) in [4.78, 5) is 33.0. The van der Waals surface area contributed by atoms with E-state index in [0.29, 0.717) is 67.0 Å². The zero-order chi connectivity index (χ0) is 23.2. The van der Waals surface area contributed by atoms with Crippen molar-refractivity contribution in [2.75, 3.05) is 31.5 Å². The SMILES string of the molecule is O=C(CCc1nc(-c2ccc(F)cc2)no1)N1CCCN(C(=O)Nc2cccc(Cl)c2)CC1. The molecule has 0 unspecified atom stereocenters. The standard InChI is InChI=1S/C23H23ClFN5O3/c24-17-3-1-4-19(15-17)26-23(32)30-12-2-11-29(13-14-30)21(31)10-9-20-27-22(28-33-20)16-5-7-18(25)8-6-16/h1,3-8,15H,2,9-14H2,(H,26,32). The summed E-state index contributed by atoms with van der Waals surface area (Å²) in [5, 5.41) is 7.29. The highest BCUT2D eigenvalue weighted by Crippen LogP contribution is 2.18. The van der Waals surface area contributed by atoms with Gasteiger partial charge in [-0.15, -0.1) is 0 Å². The van der Waals surface area contributed by atoms with E-state index in [1.54, 1.807) is 46.2 Å². The lowest BCUT2D eigenvalue weighted by molar-refractivity contribution is -0.131. The first-order valence-electron chi connectivity index (χ1n) is 10.7. The number of anilines is 1. The minimum atomic E-state index is -0.342. The number of rotatable bonds is 5. The second-order valence-corrected chi connectivity index (χ2v) is 8.12. The molecule has 0 atom stereocenters. The zero-order valence-electron chi connectivity index (χ0n) is 17.8. The summed E-state index contributed by atoms with van der Waals surface area (Å²) < 4.78 is 18.3. The molecule has 1 aliphatic rings. The number of aromatic nitrogens is 2. The van der Waals surface area contributed by atoms with Crippen molar-refractivity contribution >= 4 is 29.2 Å². The van der Waals surface area contributed by atoms with E-state index in [2.05, 4.69) is 15.5 Å². The quantitative estimate of drug-likeness (QED) is 0.601. The molecular weight excluding hydrogens is 449 g/mol. The summed E-state index contributed by atoms with van der Waals surface area (Å²) in [6.45, 7) is 2.02. The first kappa shape index (κ1) is 22.7. The predicted octanol–water partition coefficient (Wildman–Crippen LogP) is 4.23. The minimum absolute atomic E-state index is 0.0337. The number of carbonyl (C=O) groups excluding carboxylic acids is 2. The highest BCUT2D eigenvalue weighted by molar-refractivity contribution is 6.30. The third-order valence-corrected chi connectivity index (χ3v) is 5.57. The molecule has 0 saturated carbocycles. The van der Waals surface area contributed by atoms with Gasteiger partial charge in [0.25, 0.3) is 0 Å². The fraction of sp³-hybridized carbons (Fsp3) is 0.304. The number of aryl methyl sites for hydroxylation is 1. The summed E-state index contributed by atoms with van der Waals surface area (Å²) in [5.74, 6) is 0.327. The van der Waals surface area contributed by atoms with Gasteiger partial charge in [0.05, 0.1) is 0 Å². The van der Waals surface area contributed by atoms with Crippen LogP contribution >= 0.6 is 11.6 Å². The number of benzene rings is 2. The number of carbonyl (C=O) groups is 2. The van der Waals surface area contributed by atoms with Gasteiger partial charge in [-0.25, -0.2) is 9.18 Å². The molecule has 2 heterocycles. The van der Waals surface area contributed by atoms with E-state index in [-0.39, 0.29) is 24.2 Å². The van der Waals surface area contributed by atoms with Gasteiger partial charge < -0.3 is 19.6 Å². The van der Waals surface area contributed by atoms with Gasteiger partial charge in [-0.1, -0.05) is 22.8 Å². The van der Waals surface area contributed by atoms with Crippen molar-refractivity contribution in [2.24, 2.45) is 0 Å². The third-order valence-electron chi connectivity index (χ3n) is 5.33. The second-order valence-electron chi connectivity index (χ2n) is 7.68. The van der Waals surface area contributed by atoms with E-state index < -0.39 is 0 Å². The van der Waals surface area contributed by atoms with Gasteiger partial charge in [-0.2, -0.15) is 4.98 Å². The molecular formula is C23H23ClFN5O3. The van der Waals surface area contributed by atoms with Crippen LogP contribution in [0.3, 0.4) is 0 Å². The molecule has 10 heteroatoms. The van der Waals surface area contributed by atoms with E-state index in [1.165, 1.54) is 12.1 Å². The number of hydrogen-bond acceptors (Lipinski definition) is 5. The van der Waals surface area contributed by atoms with Gasteiger partial charge in [0.1, 0.15) is 5.82 Å². The van der Waals surface area contributed by atoms with Crippen LogP contribution in [0, 0.1) is 5.82 Å². The first-order valence-corrected chi connectivity index (χ1v) is 11.0. The van der Waals surface area contributed by atoms with E-state index in [0.717, 1.165) is 0 Å². The lowest BCUT2D eigenvalue weighted by Crippen LogP contribution is -2.39. The smallest absolute Gasteiger partial charge is 0.321 e. The van der Waals surface area contributed by atoms with E-state index in [4.69, 9.17) is 16.1 Å². The zero-order valence-corrected chi connectivity index (χ0v) is 18.6. The molecule has 8 nitrogen and oxygen atoms in total. The first-order chi connectivity index (χ1) is 16.0. The number of urea groups is 1. The van der Waals surface area contributed by atoms with Gasteiger partial charge in [0.2, 0.25) is 17.6 Å². The van der Waals surface area contributed by atoms with Crippen LogP contribution in [0.5, 0.6) is 0 Å². The molecule has 1 saturated heterocycles. The van der Waals surface area contributed by atoms with Crippen LogP contribution in [0.25, 0.3) is 11.4 Å². The van der Waals surface area contributed by atoms with E-state index in [9.17, 15) is 14.0 Å². The molecule has 0 spiro atoms. The molecule has 1 aliphatic heterocycles. The Morgan fingerprint density at radius 2 is 1.82 bits per heavy atom. The highest BCUT2D eigenvalue weighted by atomic mass is 35.5. The largest absolute Gasteiger partial charge is 0.341 e. The maximum Gasteiger partial charge on any atom is 0.321 e. The lowest BCUT2D eigenvalue weighted by Gasteiger charge is -2.22. The topological polar surface area (TPSA) is 91.6 Å². The van der Waals surface area contributed by atoms with Gasteiger partial charge >= 0.3 is 6.03 Å². The minimum Gasteiger partial charge on any atom is -0.341 e. The Labute approximate surface area is 195 Å². The summed E-state index contributed by atoms with van der Waals surface area (Å²) >= 11 is 5.97. The Balaban J connectivity index is 1.26. The molecule has 3 aromatic rings. The Hall–Kier alpha value is -3.46. The van der Waals surface area contributed by atoms with Crippen molar-refractivity contribution in [1.82, 2.24) is 19.9 Å². The summed E-state index contributed by atoms with van der Waals surface area (Å²) in [6, 6.07) is 12.5. The second kappa shape index (κ2) is 10.4. The number of amides is 3. The van der Waals surface area contributed by atoms with Gasteiger partial charge in [0.15, 0.2) is 0 Å². The monoisotopic (exact) mass is 471 g/mol. The molecule has 1 aromatic heterocycles. The normalized spacial score (nSPS) is 14.1. The fourth-order valence-electron chi connectivity index (χ4n) is 3.58. The van der Waals surface area contributed by atoms with Crippen molar-refractivity contribution in [2.45, 2.75) is 19.3 Å². The molecule has 1 N–H and O–H groups in total. The molecule has 0 aliphatic carbocycles. The number of nitrogens with zero attached hydrogens (tertiary/aromatic N) is 4. The van der Waals surface area contributed by atoms with Gasteiger partial charge in [0, 0.05) is 55.3 Å². The predicted molar refractivity (Wildman–Crippen MR) is 121 cm³/mol. The van der Waals surface area contributed by atoms with Crippen molar-refractivity contribution in [3.05, 3.63) is 65.3 Å². The van der Waals surface area contributed by atoms with Crippen LogP contribution in [0.4, 0.5) is 14.9 Å². The summed E-state index contributed by atoms with van der Waals surface area (Å²) in [5.41, 5.74) is 1.27. The van der Waals surface area contributed by atoms with Gasteiger partial charge in [-0.3, -0.25) is 4.79 Å². The Bertz CT molecular complexity index is 1120. The highest BCUT2D eigenvalue weighted by Gasteiger charge is 2.22. The fourth-order valence-corrected chi connectivity index (χ4v) is 3.77. The molecule has 1 fully saturated rings. The molecule has 2 aromatic carbocycles. The van der Waals surface area contributed by atoms with Crippen LogP contribution in [0.15, 0.2) is 53.1 Å². The maximum atomic E-state index is 13.1. The van der Waals surface area contributed by atoms with Gasteiger partial charge in [-0.05, 0) is 48.9 Å². The number of nitrogens with one attached hydrogen (secondary N) is 1. The van der Waals surface area contributed by atoms with Crippen molar-refractivity contribution in [3.8, 4) is 11.4 Å².